The van der Waals surface area contributed by atoms with Gasteiger partial charge in [-0.15, -0.1) is 0 Å². The third-order valence-corrected chi connectivity index (χ3v) is 6.42. The van der Waals surface area contributed by atoms with Crippen LogP contribution in [0.1, 0.15) is 12.5 Å². The van der Waals surface area contributed by atoms with Gasteiger partial charge in [-0.1, -0.05) is 49.4 Å². The van der Waals surface area contributed by atoms with E-state index in [-0.39, 0.29) is 11.4 Å². The van der Waals surface area contributed by atoms with Gasteiger partial charge in [0.2, 0.25) is 5.91 Å². The molecule has 0 radical (unpaired) electrons. The summed E-state index contributed by atoms with van der Waals surface area (Å²) in [6.07, 6.45) is 0.748. The monoisotopic (exact) mass is 424 g/mol. The van der Waals surface area contributed by atoms with Gasteiger partial charge >= 0.3 is 0 Å². The van der Waals surface area contributed by atoms with E-state index in [0.29, 0.717) is 17.1 Å². The lowest BCUT2D eigenvalue weighted by molar-refractivity contribution is -0.114. The number of methoxy groups -OCH3 is 1. The number of sulfonamides is 1. The van der Waals surface area contributed by atoms with Gasteiger partial charge in [0, 0.05) is 11.8 Å². The summed E-state index contributed by atoms with van der Waals surface area (Å²) in [5.41, 5.74) is 1.99. The Kier molecular flexibility index (Phi) is 6.74. The van der Waals surface area contributed by atoms with E-state index in [9.17, 15) is 13.2 Å². The van der Waals surface area contributed by atoms with Crippen molar-refractivity contribution in [2.75, 3.05) is 23.3 Å². The molecule has 1 amide bonds. The highest BCUT2D eigenvalue weighted by Gasteiger charge is 2.27. The minimum absolute atomic E-state index is 0.106. The van der Waals surface area contributed by atoms with Crippen LogP contribution >= 0.6 is 0 Å². The van der Waals surface area contributed by atoms with E-state index >= 15 is 0 Å². The lowest BCUT2D eigenvalue weighted by Gasteiger charge is -2.24. The number of nitrogens with one attached hydrogen (secondary N) is 1. The van der Waals surface area contributed by atoms with Crippen molar-refractivity contribution in [3.8, 4) is 5.75 Å². The van der Waals surface area contributed by atoms with E-state index in [2.05, 4.69) is 5.32 Å². The molecule has 6 nitrogen and oxygen atoms in total. The molecule has 3 rings (SSSR count). The summed E-state index contributed by atoms with van der Waals surface area (Å²) in [7, 11) is -2.46. The van der Waals surface area contributed by atoms with Crippen molar-refractivity contribution >= 4 is 27.3 Å². The lowest BCUT2D eigenvalue weighted by atomic mass is 10.1. The predicted molar refractivity (Wildman–Crippen MR) is 118 cm³/mol. The highest BCUT2D eigenvalue weighted by Crippen LogP contribution is 2.27. The molecule has 156 valence electrons. The summed E-state index contributed by atoms with van der Waals surface area (Å²) < 4.78 is 33.0. The van der Waals surface area contributed by atoms with Gasteiger partial charge in [0.1, 0.15) is 12.3 Å². The molecular formula is C23H24N2O4S. The zero-order valence-corrected chi connectivity index (χ0v) is 17.7. The minimum atomic E-state index is -3.97. The molecule has 3 aromatic carbocycles. The molecule has 0 aromatic heterocycles. The normalized spacial score (nSPS) is 11.0. The predicted octanol–water partition coefficient (Wildman–Crippen LogP) is 4.09. The largest absolute Gasteiger partial charge is 0.497 e. The molecule has 30 heavy (non-hydrogen) atoms. The number of amides is 1. The van der Waals surface area contributed by atoms with Crippen LogP contribution in [0.3, 0.4) is 0 Å². The molecule has 0 unspecified atom stereocenters. The van der Waals surface area contributed by atoms with Crippen molar-refractivity contribution in [1.29, 1.82) is 0 Å². The Morgan fingerprint density at radius 1 is 0.967 bits per heavy atom. The molecule has 0 saturated carbocycles. The Morgan fingerprint density at radius 3 is 2.37 bits per heavy atom. The molecule has 1 N–H and O–H groups in total. The molecule has 0 saturated heterocycles. The number of hydrogen-bond donors (Lipinski definition) is 1. The molecule has 7 heteroatoms. The summed E-state index contributed by atoms with van der Waals surface area (Å²) in [4.78, 5) is 13.0. The first-order chi connectivity index (χ1) is 14.5. The second kappa shape index (κ2) is 9.45. The van der Waals surface area contributed by atoms with Gasteiger partial charge in [0.15, 0.2) is 0 Å². The van der Waals surface area contributed by atoms with Crippen LogP contribution in [-0.4, -0.2) is 28.0 Å². The van der Waals surface area contributed by atoms with Crippen LogP contribution in [0.25, 0.3) is 0 Å². The van der Waals surface area contributed by atoms with Crippen LogP contribution in [0.2, 0.25) is 0 Å². The molecule has 0 spiro atoms. The zero-order chi connectivity index (χ0) is 21.6. The number of benzene rings is 3. The van der Waals surface area contributed by atoms with Crippen molar-refractivity contribution in [2.24, 2.45) is 0 Å². The highest BCUT2D eigenvalue weighted by molar-refractivity contribution is 7.92. The smallest absolute Gasteiger partial charge is 0.264 e. The standard InChI is InChI=1S/C23H24N2O4S/c1-3-18-10-7-8-15-22(18)24-23(26)17-25(19-11-9-12-20(16-19)29-2)30(27,28)21-13-5-4-6-14-21/h4-16H,3,17H2,1-2H3,(H,24,26). The maximum atomic E-state index is 13.3. The lowest BCUT2D eigenvalue weighted by Crippen LogP contribution is -2.38. The summed E-state index contributed by atoms with van der Waals surface area (Å²) in [5, 5.41) is 2.84. The number of para-hydroxylation sites is 1. The SMILES string of the molecule is CCc1ccccc1NC(=O)CN(c1cccc(OC)c1)S(=O)(=O)c1ccccc1. The van der Waals surface area contributed by atoms with Gasteiger partial charge < -0.3 is 10.1 Å². The van der Waals surface area contributed by atoms with Crippen LogP contribution in [0, 0.1) is 0 Å². The second-order valence-corrected chi connectivity index (χ2v) is 8.45. The molecule has 0 aliphatic heterocycles. The number of aryl methyl sites for hydroxylation is 1. The van der Waals surface area contributed by atoms with Crippen LogP contribution in [0.15, 0.2) is 83.8 Å². The van der Waals surface area contributed by atoms with Crippen LogP contribution < -0.4 is 14.4 Å². The highest BCUT2D eigenvalue weighted by atomic mass is 32.2. The van der Waals surface area contributed by atoms with Crippen molar-refractivity contribution < 1.29 is 17.9 Å². The van der Waals surface area contributed by atoms with Crippen molar-refractivity contribution in [2.45, 2.75) is 18.2 Å². The maximum Gasteiger partial charge on any atom is 0.264 e. The number of carbonyl (C=O) groups excluding carboxylic acids is 1. The van der Waals surface area contributed by atoms with Gasteiger partial charge in [-0.2, -0.15) is 0 Å². The van der Waals surface area contributed by atoms with Crippen molar-refractivity contribution in [1.82, 2.24) is 0 Å². The Morgan fingerprint density at radius 2 is 1.67 bits per heavy atom. The van der Waals surface area contributed by atoms with Crippen LogP contribution in [0.5, 0.6) is 5.75 Å². The summed E-state index contributed by atoms with van der Waals surface area (Å²) in [6, 6.07) is 22.1. The van der Waals surface area contributed by atoms with E-state index in [1.807, 2.05) is 25.1 Å². The molecule has 0 heterocycles. The fraction of sp³-hybridized carbons (Fsp3) is 0.174. The fourth-order valence-corrected chi connectivity index (χ4v) is 4.50. The van der Waals surface area contributed by atoms with Gasteiger partial charge in [-0.05, 0) is 42.3 Å². The number of nitrogens with zero attached hydrogens (tertiary/aromatic N) is 1. The number of ether oxygens (including phenoxy) is 1. The molecule has 0 fully saturated rings. The first-order valence-electron chi connectivity index (χ1n) is 9.55. The molecule has 0 aliphatic carbocycles. The van der Waals surface area contributed by atoms with Crippen LogP contribution in [0.4, 0.5) is 11.4 Å². The van der Waals surface area contributed by atoms with E-state index in [1.165, 1.54) is 19.2 Å². The average molecular weight is 425 g/mol. The van der Waals surface area contributed by atoms with E-state index in [0.717, 1.165) is 16.3 Å². The first-order valence-corrected chi connectivity index (χ1v) is 11.0. The first kappa shape index (κ1) is 21.4. The van der Waals surface area contributed by atoms with E-state index < -0.39 is 15.9 Å². The summed E-state index contributed by atoms with van der Waals surface area (Å²) >= 11 is 0. The van der Waals surface area contributed by atoms with Gasteiger partial charge in [-0.3, -0.25) is 9.10 Å². The minimum Gasteiger partial charge on any atom is -0.497 e. The van der Waals surface area contributed by atoms with E-state index in [1.54, 1.807) is 48.5 Å². The molecule has 0 bridgehead atoms. The number of anilines is 2. The van der Waals surface area contributed by atoms with Gasteiger partial charge in [0.25, 0.3) is 10.0 Å². The molecular weight excluding hydrogens is 400 g/mol. The topological polar surface area (TPSA) is 75.7 Å². The molecule has 0 atom stereocenters. The second-order valence-electron chi connectivity index (χ2n) is 6.59. The zero-order valence-electron chi connectivity index (χ0n) is 16.9. The Bertz CT molecular complexity index is 1110. The van der Waals surface area contributed by atoms with Gasteiger partial charge in [-0.25, -0.2) is 8.42 Å². The van der Waals surface area contributed by atoms with Gasteiger partial charge in [0.05, 0.1) is 17.7 Å². The van der Waals surface area contributed by atoms with Crippen molar-refractivity contribution in [3.05, 3.63) is 84.4 Å². The number of hydrogen-bond acceptors (Lipinski definition) is 4. The van der Waals surface area contributed by atoms with E-state index in [4.69, 9.17) is 4.74 Å². The molecule has 3 aromatic rings. The Labute approximate surface area is 177 Å². The quantitative estimate of drug-likeness (QED) is 0.591. The summed E-state index contributed by atoms with van der Waals surface area (Å²) in [6.45, 7) is 1.62. The maximum absolute atomic E-state index is 13.3. The Balaban J connectivity index is 1.96. The number of rotatable bonds is 8. The average Bonchev–Trinajstić information content (AvgIpc) is 2.78. The Hall–Kier alpha value is -3.32. The van der Waals surface area contributed by atoms with Crippen LogP contribution in [-0.2, 0) is 21.2 Å². The number of carbonyl (C=O) groups is 1. The molecule has 0 aliphatic rings. The fourth-order valence-electron chi connectivity index (χ4n) is 3.07. The third-order valence-electron chi connectivity index (χ3n) is 4.63. The van der Waals surface area contributed by atoms with Crippen molar-refractivity contribution in [3.63, 3.8) is 0 Å². The third kappa shape index (κ3) is 4.80. The summed E-state index contributed by atoms with van der Waals surface area (Å²) in [5.74, 6) is 0.0655.